The van der Waals surface area contributed by atoms with Crippen LogP contribution in [0.3, 0.4) is 0 Å². The third-order valence-electron chi connectivity index (χ3n) is 6.40. The lowest BCUT2D eigenvalue weighted by molar-refractivity contribution is -0.245. The lowest BCUT2D eigenvalue weighted by Crippen LogP contribution is -2.31. The maximum atomic E-state index is 12.5. The average molecular weight is 546 g/mol. The third-order valence-corrected chi connectivity index (χ3v) is 7.56. The predicted molar refractivity (Wildman–Crippen MR) is 149 cm³/mol. The van der Waals surface area contributed by atoms with Crippen LogP contribution in [0.15, 0.2) is 90.3 Å². The molecule has 3 aromatic carbocycles. The number of urea groups is 1. The quantitative estimate of drug-likeness (QED) is 0.255. The molecule has 3 N–H and O–H groups in total. The van der Waals surface area contributed by atoms with Gasteiger partial charge in [0.05, 0.1) is 18.8 Å². The van der Waals surface area contributed by atoms with Gasteiger partial charge < -0.3 is 29.8 Å². The van der Waals surface area contributed by atoms with Crippen molar-refractivity contribution in [2.75, 3.05) is 11.1 Å². The number of aromatic nitrogens is 3. The number of aliphatic hydroxyl groups is 1. The minimum absolute atomic E-state index is 0.00672. The summed E-state index contributed by atoms with van der Waals surface area (Å²) in [6.07, 6.45) is 1.40. The highest BCUT2D eigenvalue weighted by atomic mass is 32.2. The largest absolute Gasteiger partial charge is 0.392 e. The highest BCUT2D eigenvalue weighted by molar-refractivity contribution is 7.99. The first kappa shape index (κ1) is 26.9. The molecule has 0 bridgehead atoms. The number of amides is 2. The van der Waals surface area contributed by atoms with Crippen LogP contribution in [0, 0.1) is 0 Å². The molecule has 0 unspecified atom stereocenters. The molecule has 10 heteroatoms. The Kier molecular flexibility index (Phi) is 8.89. The first-order chi connectivity index (χ1) is 19.1. The second-order valence-corrected chi connectivity index (χ2v) is 10.3. The van der Waals surface area contributed by atoms with E-state index >= 15 is 0 Å². The molecule has 4 aromatic rings. The summed E-state index contributed by atoms with van der Waals surface area (Å²) >= 11 is 1.59. The van der Waals surface area contributed by atoms with E-state index in [4.69, 9.17) is 9.47 Å². The molecule has 1 aromatic heterocycles. The van der Waals surface area contributed by atoms with Crippen LogP contribution in [-0.2, 0) is 29.7 Å². The summed E-state index contributed by atoms with van der Waals surface area (Å²) < 4.78 is 14.7. The van der Waals surface area contributed by atoms with Gasteiger partial charge in [0, 0.05) is 37.0 Å². The van der Waals surface area contributed by atoms with Crippen LogP contribution in [0.2, 0.25) is 0 Å². The van der Waals surface area contributed by atoms with Crippen LogP contribution in [0.5, 0.6) is 0 Å². The number of ether oxygens (including phenoxy) is 2. The molecule has 0 radical (unpaired) electrons. The van der Waals surface area contributed by atoms with Crippen molar-refractivity contribution in [3.8, 4) is 0 Å². The summed E-state index contributed by atoms with van der Waals surface area (Å²) in [5, 5.41) is 24.2. The van der Waals surface area contributed by atoms with E-state index in [1.165, 1.54) is 0 Å². The number of anilines is 1. The molecule has 1 fully saturated rings. The number of rotatable bonds is 9. The monoisotopic (exact) mass is 545 g/mol. The van der Waals surface area contributed by atoms with Gasteiger partial charge in [0.2, 0.25) is 0 Å². The van der Waals surface area contributed by atoms with E-state index in [0.29, 0.717) is 24.4 Å². The average Bonchev–Trinajstić information content (AvgIpc) is 3.40. The Bertz CT molecular complexity index is 1370. The van der Waals surface area contributed by atoms with Crippen molar-refractivity contribution >= 4 is 23.5 Å². The molecule has 1 saturated heterocycles. The summed E-state index contributed by atoms with van der Waals surface area (Å²) in [7, 11) is 1.91. The lowest BCUT2D eigenvalue weighted by atomic mass is 10.0. The van der Waals surface area contributed by atoms with Crippen LogP contribution < -0.4 is 10.6 Å². The molecule has 39 heavy (non-hydrogen) atoms. The van der Waals surface area contributed by atoms with Crippen molar-refractivity contribution in [1.82, 2.24) is 20.1 Å². The summed E-state index contributed by atoms with van der Waals surface area (Å²) in [5.74, 6) is 0.678. The van der Waals surface area contributed by atoms with Gasteiger partial charge in [-0.2, -0.15) is 0 Å². The molecular weight excluding hydrogens is 514 g/mol. The third kappa shape index (κ3) is 7.24. The van der Waals surface area contributed by atoms with E-state index in [1.807, 2.05) is 90.5 Å². The minimum atomic E-state index is -0.625. The van der Waals surface area contributed by atoms with Crippen molar-refractivity contribution in [2.24, 2.45) is 7.05 Å². The zero-order valence-corrected chi connectivity index (χ0v) is 22.4. The lowest BCUT2D eigenvalue weighted by Gasteiger charge is -2.36. The second-order valence-electron chi connectivity index (χ2n) is 9.30. The molecule has 0 spiro atoms. The number of benzene rings is 3. The molecule has 1 aliphatic heterocycles. The second kappa shape index (κ2) is 12.9. The van der Waals surface area contributed by atoms with Crippen LogP contribution >= 0.6 is 11.8 Å². The molecule has 3 atom stereocenters. The highest BCUT2D eigenvalue weighted by Gasteiger charge is 2.32. The molecule has 2 heterocycles. The predicted octanol–water partition coefficient (Wildman–Crippen LogP) is 4.97. The van der Waals surface area contributed by atoms with Gasteiger partial charge in [-0.1, -0.05) is 78.5 Å². The number of carbonyl (C=O) groups is 1. The van der Waals surface area contributed by atoms with Gasteiger partial charge in [0.25, 0.3) is 0 Å². The van der Waals surface area contributed by atoms with Crippen molar-refractivity contribution in [1.29, 1.82) is 0 Å². The van der Waals surface area contributed by atoms with Crippen LogP contribution in [0.25, 0.3) is 0 Å². The van der Waals surface area contributed by atoms with Gasteiger partial charge in [0.15, 0.2) is 11.4 Å². The Hall–Kier alpha value is -3.70. The molecule has 1 aliphatic rings. The molecular formula is C29H31N5O4S. The summed E-state index contributed by atoms with van der Waals surface area (Å²) in [4.78, 5) is 12.5. The van der Waals surface area contributed by atoms with Gasteiger partial charge in [-0.3, -0.25) is 0 Å². The number of aliphatic hydroxyl groups excluding tert-OH is 1. The van der Waals surface area contributed by atoms with Crippen LogP contribution in [0.1, 0.15) is 41.1 Å². The van der Waals surface area contributed by atoms with E-state index in [2.05, 4.69) is 20.8 Å². The fourth-order valence-electron chi connectivity index (χ4n) is 4.31. The Morgan fingerprint density at radius 2 is 1.85 bits per heavy atom. The molecule has 2 amide bonds. The number of hydrogen-bond acceptors (Lipinski definition) is 7. The topological polar surface area (TPSA) is 111 Å². The number of nitrogens with zero attached hydrogens (tertiary/aromatic N) is 3. The number of hydrogen-bond donors (Lipinski definition) is 3. The first-order valence-electron chi connectivity index (χ1n) is 12.7. The molecule has 0 aliphatic carbocycles. The van der Waals surface area contributed by atoms with E-state index < -0.39 is 6.29 Å². The van der Waals surface area contributed by atoms with Gasteiger partial charge in [-0.25, -0.2) is 4.79 Å². The van der Waals surface area contributed by atoms with Crippen molar-refractivity contribution in [2.45, 2.75) is 43.2 Å². The first-order valence-corrected chi connectivity index (χ1v) is 13.7. The number of nitrogens with one attached hydrogen (secondary N) is 2. The Labute approximate surface area is 231 Å². The van der Waals surface area contributed by atoms with E-state index in [9.17, 15) is 9.90 Å². The Morgan fingerprint density at radius 3 is 2.59 bits per heavy atom. The fourth-order valence-corrected chi connectivity index (χ4v) is 5.22. The zero-order valence-electron chi connectivity index (χ0n) is 21.6. The van der Waals surface area contributed by atoms with E-state index in [0.717, 1.165) is 27.4 Å². The normalized spacial score (nSPS) is 19.0. The standard InChI is InChI=1S/C29H31N5O4S/c1-34-19-31-33-29(34)39-18-25-15-26(22-12-10-21(17-35)11-13-22)38-27(37-25)23-8-5-9-24(14-23)32-28(36)30-16-20-6-3-2-4-7-20/h2-14,19,25-27,35H,15-18H2,1H3,(H2,30,32,36)/t25-,26+,27+/m1/s1. The summed E-state index contributed by atoms with van der Waals surface area (Å²) in [5.41, 5.74) is 4.34. The Morgan fingerprint density at radius 1 is 1.03 bits per heavy atom. The molecule has 202 valence electrons. The number of thioether (sulfide) groups is 1. The molecule has 0 saturated carbocycles. The molecule has 5 rings (SSSR count). The SMILES string of the molecule is Cn1cnnc1SC[C@H]1C[C@@H](c2ccc(CO)cc2)O[C@@H](c2cccc(NC(=O)NCc3ccccc3)c2)O1. The van der Waals surface area contributed by atoms with Gasteiger partial charge in [-0.05, 0) is 28.8 Å². The van der Waals surface area contributed by atoms with Gasteiger partial charge in [0.1, 0.15) is 6.33 Å². The zero-order chi connectivity index (χ0) is 27.0. The fraction of sp³-hybridized carbons (Fsp3) is 0.276. The summed E-state index contributed by atoms with van der Waals surface area (Å²) in [6.45, 7) is 0.427. The van der Waals surface area contributed by atoms with Crippen molar-refractivity contribution < 1.29 is 19.4 Å². The van der Waals surface area contributed by atoms with Crippen molar-refractivity contribution in [3.05, 3.63) is 107 Å². The van der Waals surface area contributed by atoms with Gasteiger partial charge >= 0.3 is 6.03 Å². The smallest absolute Gasteiger partial charge is 0.319 e. The van der Waals surface area contributed by atoms with Crippen LogP contribution in [-0.4, -0.2) is 37.8 Å². The number of aryl methyl sites for hydroxylation is 1. The van der Waals surface area contributed by atoms with E-state index in [-0.39, 0.29) is 24.8 Å². The van der Waals surface area contributed by atoms with Crippen LogP contribution in [0.4, 0.5) is 10.5 Å². The maximum Gasteiger partial charge on any atom is 0.319 e. The minimum Gasteiger partial charge on any atom is -0.392 e. The van der Waals surface area contributed by atoms with Crippen molar-refractivity contribution in [3.63, 3.8) is 0 Å². The highest BCUT2D eigenvalue weighted by Crippen LogP contribution is 2.39. The summed E-state index contributed by atoms with van der Waals surface area (Å²) in [6, 6.07) is 24.8. The maximum absolute atomic E-state index is 12.5. The van der Waals surface area contributed by atoms with Gasteiger partial charge in [-0.15, -0.1) is 10.2 Å². The molecule has 9 nitrogen and oxygen atoms in total. The Balaban J connectivity index is 1.29. The number of carbonyl (C=O) groups excluding carboxylic acids is 1. The van der Waals surface area contributed by atoms with E-state index in [1.54, 1.807) is 18.1 Å².